The van der Waals surface area contributed by atoms with Crippen molar-refractivity contribution in [2.75, 3.05) is 5.32 Å². The highest BCUT2D eigenvalue weighted by molar-refractivity contribution is 7.80. The van der Waals surface area contributed by atoms with Crippen LogP contribution in [0.2, 0.25) is 5.02 Å². The zero-order valence-corrected chi connectivity index (χ0v) is 12.1. The Labute approximate surface area is 127 Å². The van der Waals surface area contributed by atoms with Crippen LogP contribution >= 0.6 is 35.6 Å². The summed E-state index contributed by atoms with van der Waals surface area (Å²) in [5.41, 5.74) is -1.32. The summed E-state index contributed by atoms with van der Waals surface area (Å²) in [7, 11) is 0. The predicted octanol–water partition coefficient (Wildman–Crippen LogP) is 4.96. The first kappa shape index (κ1) is 15.2. The van der Waals surface area contributed by atoms with Crippen LogP contribution in [0.15, 0.2) is 34.5 Å². The van der Waals surface area contributed by atoms with Gasteiger partial charge in [0.2, 0.25) is 0 Å². The van der Waals surface area contributed by atoms with Gasteiger partial charge in [0.15, 0.2) is 0 Å². The van der Waals surface area contributed by atoms with E-state index in [-0.39, 0.29) is 15.6 Å². The summed E-state index contributed by atoms with van der Waals surface area (Å²) in [5.74, 6) is -0.622. The van der Waals surface area contributed by atoms with Crippen LogP contribution < -0.4 is 5.32 Å². The number of nitrogens with one attached hydrogen (secondary N) is 1. The molecule has 20 heavy (non-hydrogen) atoms. The van der Waals surface area contributed by atoms with Crippen molar-refractivity contribution in [3.8, 4) is 0 Å². The normalized spacial score (nSPS) is 11.4. The number of thiophene rings is 1. The maximum atomic E-state index is 12.9. The molecule has 1 amide bonds. The van der Waals surface area contributed by atoms with E-state index < -0.39 is 17.6 Å². The second-order valence-electron chi connectivity index (χ2n) is 3.81. The van der Waals surface area contributed by atoms with E-state index in [9.17, 15) is 18.0 Å². The number of amides is 1. The second-order valence-corrected chi connectivity index (χ2v) is 5.68. The van der Waals surface area contributed by atoms with E-state index >= 15 is 0 Å². The van der Waals surface area contributed by atoms with Gasteiger partial charge in [0, 0.05) is 15.3 Å². The largest absolute Gasteiger partial charge is 0.418 e. The molecule has 2 rings (SSSR count). The third-order valence-corrected chi connectivity index (χ3v) is 3.94. The molecule has 1 heterocycles. The molecule has 0 aliphatic heterocycles. The molecule has 106 valence electrons. The number of benzene rings is 1. The van der Waals surface area contributed by atoms with Crippen molar-refractivity contribution in [1.29, 1.82) is 0 Å². The maximum absolute atomic E-state index is 12.9. The average Bonchev–Trinajstić information content (AvgIpc) is 2.77. The lowest BCUT2D eigenvalue weighted by Gasteiger charge is -2.13. The minimum absolute atomic E-state index is 0.0518. The Morgan fingerprint density at radius 3 is 2.55 bits per heavy atom. The summed E-state index contributed by atoms with van der Waals surface area (Å²) < 4.78 is 38.6. The average molecular weight is 338 g/mol. The standard InChI is InChI=1S/C12H7ClF3NOS2/c13-6-1-2-9(8(3-6)12(14,15)16)17-11(18)10-4-7(19)5-20-10/h1-5,19H,(H,17,18). The summed E-state index contributed by atoms with van der Waals surface area (Å²) >= 11 is 10.7. The number of halogens is 4. The highest BCUT2D eigenvalue weighted by Crippen LogP contribution is 2.36. The zero-order chi connectivity index (χ0) is 14.9. The Morgan fingerprint density at radius 2 is 2.00 bits per heavy atom. The van der Waals surface area contributed by atoms with E-state index in [1.807, 2.05) is 0 Å². The third kappa shape index (κ3) is 3.47. The van der Waals surface area contributed by atoms with E-state index in [4.69, 9.17) is 11.6 Å². The SMILES string of the molecule is O=C(Nc1ccc(Cl)cc1C(F)(F)F)c1cc(S)cs1. The van der Waals surface area contributed by atoms with Crippen molar-refractivity contribution in [2.45, 2.75) is 11.1 Å². The third-order valence-electron chi connectivity index (χ3n) is 2.34. The number of hydrogen-bond donors (Lipinski definition) is 2. The fourth-order valence-corrected chi connectivity index (χ4v) is 2.70. The van der Waals surface area contributed by atoms with Gasteiger partial charge in [-0.3, -0.25) is 4.79 Å². The van der Waals surface area contributed by atoms with Crippen LogP contribution in [0, 0.1) is 0 Å². The monoisotopic (exact) mass is 337 g/mol. The minimum Gasteiger partial charge on any atom is -0.321 e. The summed E-state index contributed by atoms with van der Waals surface area (Å²) in [6.45, 7) is 0. The Bertz CT molecular complexity index is 654. The van der Waals surface area contributed by atoms with Gasteiger partial charge in [0.05, 0.1) is 16.1 Å². The van der Waals surface area contributed by atoms with Gasteiger partial charge < -0.3 is 5.32 Å². The van der Waals surface area contributed by atoms with Crippen molar-refractivity contribution in [3.63, 3.8) is 0 Å². The van der Waals surface area contributed by atoms with Gasteiger partial charge in [-0.05, 0) is 24.3 Å². The lowest BCUT2D eigenvalue weighted by Crippen LogP contribution is -2.15. The molecular weight excluding hydrogens is 331 g/mol. The summed E-state index contributed by atoms with van der Waals surface area (Å²) in [5, 5.41) is 3.80. The fourth-order valence-electron chi connectivity index (χ4n) is 1.49. The van der Waals surface area contributed by atoms with E-state index in [0.29, 0.717) is 4.90 Å². The minimum atomic E-state index is -4.60. The molecule has 0 spiro atoms. The van der Waals surface area contributed by atoms with Crippen molar-refractivity contribution in [1.82, 2.24) is 0 Å². The number of carbonyl (C=O) groups excluding carboxylic acids is 1. The molecule has 0 fully saturated rings. The topological polar surface area (TPSA) is 29.1 Å². The van der Waals surface area contributed by atoms with Gasteiger partial charge in [-0.1, -0.05) is 11.6 Å². The first-order valence-corrected chi connectivity index (χ1v) is 6.93. The van der Waals surface area contributed by atoms with Crippen LogP contribution in [-0.4, -0.2) is 5.91 Å². The quantitative estimate of drug-likeness (QED) is 0.745. The van der Waals surface area contributed by atoms with Crippen LogP contribution in [0.3, 0.4) is 0 Å². The molecular formula is C12H7ClF3NOS2. The molecule has 0 saturated heterocycles. The second kappa shape index (κ2) is 5.67. The predicted molar refractivity (Wildman–Crippen MR) is 76.0 cm³/mol. The molecule has 1 N–H and O–H groups in total. The highest BCUT2D eigenvalue weighted by atomic mass is 35.5. The highest BCUT2D eigenvalue weighted by Gasteiger charge is 2.34. The van der Waals surface area contributed by atoms with E-state index in [1.165, 1.54) is 12.1 Å². The molecule has 1 aromatic carbocycles. The summed E-state index contributed by atoms with van der Waals surface area (Å²) in [6.07, 6.45) is -4.60. The van der Waals surface area contributed by atoms with Crippen molar-refractivity contribution in [3.05, 3.63) is 45.1 Å². The van der Waals surface area contributed by atoms with Crippen LogP contribution in [0.1, 0.15) is 15.2 Å². The fraction of sp³-hybridized carbons (Fsp3) is 0.0833. The zero-order valence-electron chi connectivity index (χ0n) is 9.66. The van der Waals surface area contributed by atoms with Crippen LogP contribution in [0.25, 0.3) is 0 Å². The number of rotatable bonds is 2. The van der Waals surface area contributed by atoms with Crippen molar-refractivity contribution in [2.24, 2.45) is 0 Å². The summed E-state index contributed by atoms with van der Waals surface area (Å²) in [6, 6.07) is 4.66. The van der Waals surface area contributed by atoms with Gasteiger partial charge in [-0.2, -0.15) is 13.2 Å². The van der Waals surface area contributed by atoms with Gasteiger partial charge in [-0.15, -0.1) is 24.0 Å². The number of anilines is 1. The first-order valence-electron chi connectivity index (χ1n) is 5.23. The van der Waals surface area contributed by atoms with E-state index in [0.717, 1.165) is 23.5 Å². The summed E-state index contributed by atoms with van der Waals surface area (Å²) in [4.78, 5) is 12.7. The molecule has 0 atom stereocenters. The Balaban J connectivity index is 2.32. The molecule has 0 bridgehead atoms. The number of carbonyl (C=O) groups is 1. The molecule has 2 aromatic rings. The maximum Gasteiger partial charge on any atom is 0.418 e. The van der Waals surface area contributed by atoms with Crippen molar-refractivity contribution >= 4 is 47.2 Å². The van der Waals surface area contributed by atoms with Crippen molar-refractivity contribution < 1.29 is 18.0 Å². The number of alkyl halides is 3. The van der Waals surface area contributed by atoms with Gasteiger partial charge in [-0.25, -0.2) is 0 Å². The molecule has 2 nitrogen and oxygen atoms in total. The molecule has 0 radical (unpaired) electrons. The Hall–Kier alpha value is -1.18. The molecule has 0 aliphatic rings. The van der Waals surface area contributed by atoms with Gasteiger partial charge >= 0.3 is 6.18 Å². The Kier molecular flexibility index (Phi) is 4.31. The van der Waals surface area contributed by atoms with E-state index in [1.54, 1.807) is 5.38 Å². The number of hydrogen-bond acceptors (Lipinski definition) is 3. The molecule has 8 heteroatoms. The smallest absolute Gasteiger partial charge is 0.321 e. The molecule has 1 aromatic heterocycles. The number of thiol groups is 1. The first-order chi connectivity index (χ1) is 9.27. The van der Waals surface area contributed by atoms with E-state index in [2.05, 4.69) is 17.9 Å². The van der Waals surface area contributed by atoms with Gasteiger partial charge in [0.25, 0.3) is 5.91 Å². The lowest BCUT2D eigenvalue weighted by molar-refractivity contribution is -0.136. The Morgan fingerprint density at radius 1 is 1.30 bits per heavy atom. The molecule has 0 unspecified atom stereocenters. The van der Waals surface area contributed by atoms with Crippen LogP contribution in [0.5, 0.6) is 0 Å². The van der Waals surface area contributed by atoms with Crippen LogP contribution in [0.4, 0.5) is 18.9 Å². The van der Waals surface area contributed by atoms with Gasteiger partial charge in [0.1, 0.15) is 0 Å². The van der Waals surface area contributed by atoms with Crippen LogP contribution in [-0.2, 0) is 6.18 Å². The molecule has 0 saturated carbocycles. The lowest BCUT2D eigenvalue weighted by atomic mass is 10.1. The molecule has 0 aliphatic carbocycles.